The van der Waals surface area contributed by atoms with Gasteiger partial charge in [0.05, 0.1) is 24.0 Å². The smallest absolute Gasteiger partial charge is 0.0590 e. The molecular formula is C6H18N4O4S2. The van der Waals surface area contributed by atoms with E-state index in [2.05, 4.69) is 0 Å². The third-order valence-corrected chi connectivity index (χ3v) is 3.66. The quantitative estimate of drug-likeness (QED) is 0.282. The Balaban J connectivity index is -0.000000845. The summed E-state index contributed by atoms with van der Waals surface area (Å²) in [5.41, 5.74) is 10.3. The van der Waals surface area contributed by atoms with E-state index in [4.69, 9.17) is 11.5 Å². The summed E-state index contributed by atoms with van der Waals surface area (Å²) >= 11 is 0. The zero-order valence-electron chi connectivity index (χ0n) is 9.17. The molecule has 0 aromatic carbocycles. The van der Waals surface area contributed by atoms with Crippen molar-refractivity contribution < 1.29 is 19.8 Å². The van der Waals surface area contributed by atoms with Gasteiger partial charge in [-0.2, -0.15) is 0 Å². The monoisotopic (exact) mass is 274 g/mol. The van der Waals surface area contributed by atoms with Crippen LogP contribution in [0.5, 0.6) is 0 Å². The lowest BCUT2D eigenvalue weighted by atomic mass is 10.4. The largest absolute Gasteiger partial charge is 0.548 e. The maximum atomic E-state index is 10.1. The first kappa shape index (κ1) is 20.8. The Morgan fingerprint density at radius 1 is 0.938 bits per heavy atom. The molecular weight excluding hydrogens is 256 g/mol. The number of carboxylic acids is 2. The van der Waals surface area contributed by atoms with E-state index in [0.29, 0.717) is 0 Å². The van der Waals surface area contributed by atoms with Crippen LogP contribution in [0.25, 0.3) is 0 Å². The van der Waals surface area contributed by atoms with Crippen LogP contribution < -0.4 is 34.0 Å². The van der Waals surface area contributed by atoms with Gasteiger partial charge in [0.2, 0.25) is 0 Å². The molecule has 0 unspecified atom stereocenters. The van der Waals surface area contributed by atoms with Gasteiger partial charge in [0.1, 0.15) is 0 Å². The van der Waals surface area contributed by atoms with Gasteiger partial charge in [0.25, 0.3) is 0 Å². The van der Waals surface area contributed by atoms with Crippen molar-refractivity contribution in [2.45, 2.75) is 12.1 Å². The number of rotatable bonds is 7. The van der Waals surface area contributed by atoms with Gasteiger partial charge in [-0.3, -0.25) is 0 Å². The fourth-order valence-electron chi connectivity index (χ4n) is 0.379. The second-order valence-electron chi connectivity index (χ2n) is 2.42. The van der Waals surface area contributed by atoms with Crippen LogP contribution in [0.1, 0.15) is 0 Å². The van der Waals surface area contributed by atoms with Gasteiger partial charge in [0.15, 0.2) is 0 Å². The predicted molar refractivity (Wildman–Crippen MR) is 62.9 cm³/mol. The van der Waals surface area contributed by atoms with Gasteiger partial charge in [-0.05, 0) is 0 Å². The van der Waals surface area contributed by atoms with Gasteiger partial charge in [-0.15, -0.1) is 0 Å². The number of carboxylic acid groups (broad SMARTS) is 2. The maximum absolute atomic E-state index is 10.1. The summed E-state index contributed by atoms with van der Waals surface area (Å²) in [7, 11) is 2.27. The summed E-state index contributed by atoms with van der Waals surface area (Å²) < 4.78 is 0. The minimum atomic E-state index is -1.33. The van der Waals surface area contributed by atoms with Crippen molar-refractivity contribution in [3.8, 4) is 0 Å². The van der Waals surface area contributed by atoms with Crippen LogP contribution >= 0.6 is 21.6 Å². The Labute approximate surface area is 101 Å². The van der Waals surface area contributed by atoms with Crippen molar-refractivity contribution in [1.82, 2.24) is 12.3 Å². The lowest BCUT2D eigenvalue weighted by Gasteiger charge is -2.13. The van der Waals surface area contributed by atoms with Crippen molar-refractivity contribution in [3.63, 3.8) is 0 Å². The highest BCUT2D eigenvalue weighted by molar-refractivity contribution is 8.76. The minimum Gasteiger partial charge on any atom is -0.548 e. The van der Waals surface area contributed by atoms with Crippen LogP contribution in [0.4, 0.5) is 0 Å². The van der Waals surface area contributed by atoms with E-state index < -0.39 is 24.0 Å². The average Bonchev–Trinajstić information content (AvgIpc) is 2.11. The van der Waals surface area contributed by atoms with Gasteiger partial charge < -0.3 is 43.6 Å². The molecule has 0 aromatic rings. The highest BCUT2D eigenvalue weighted by Gasteiger charge is 2.06. The van der Waals surface area contributed by atoms with Gasteiger partial charge in [-0.1, -0.05) is 21.6 Å². The van der Waals surface area contributed by atoms with Crippen molar-refractivity contribution in [2.24, 2.45) is 11.5 Å². The standard InChI is InChI=1S/C6H12N2O4S2.2H3N/c7-3(5(9)10)1-13-14-2-4(8)6(11)12;;/h3-4H,1-2,7-8H2,(H,9,10)(H,11,12);2*1H3/t3-,4-;;/m0../s1. The average molecular weight is 274 g/mol. The third-order valence-electron chi connectivity index (χ3n) is 1.18. The molecule has 0 fully saturated rings. The Morgan fingerprint density at radius 3 is 1.38 bits per heavy atom. The SMILES string of the molecule is N[C@@H](CSSC[C@H](N)C(=O)[O-])C(=O)[O-].[NH4+].[NH4+]. The summed E-state index contributed by atoms with van der Waals surface area (Å²) in [6.07, 6.45) is 0. The van der Waals surface area contributed by atoms with E-state index in [1.165, 1.54) is 0 Å². The summed E-state index contributed by atoms with van der Waals surface area (Å²) in [6.45, 7) is 0. The van der Waals surface area contributed by atoms with Gasteiger partial charge in [0, 0.05) is 11.5 Å². The van der Waals surface area contributed by atoms with Crippen molar-refractivity contribution in [3.05, 3.63) is 0 Å². The normalized spacial score (nSPS) is 12.9. The number of nitrogens with two attached hydrogens (primary N) is 2. The third kappa shape index (κ3) is 10.0. The van der Waals surface area contributed by atoms with Gasteiger partial charge >= 0.3 is 0 Å². The summed E-state index contributed by atoms with van der Waals surface area (Å²) in [4.78, 5) is 20.3. The molecule has 0 rings (SSSR count). The van der Waals surface area contributed by atoms with Gasteiger partial charge in [-0.25, -0.2) is 0 Å². The number of carbonyl (C=O) groups excluding carboxylic acids is 2. The Morgan fingerprint density at radius 2 is 1.19 bits per heavy atom. The molecule has 0 amide bonds. The maximum Gasteiger partial charge on any atom is 0.0590 e. The topological polar surface area (TPSA) is 205 Å². The molecule has 0 saturated carbocycles. The Kier molecular flexibility index (Phi) is 14.3. The first-order valence-corrected chi connectivity index (χ1v) is 6.11. The number of hydrogen-bond donors (Lipinski definition) is 4. The van der Waals surface area contributed by atoms with E-state index >= 15 is 0 Å². The summed E-state index contributed by atoms with van der Waals surface area (Å²) in [5.74, 6) is -2.37. The van der Waals surface area contributed by atoms with Crippen LogP contribution in [0.15, 0.2) is 0 Å². The molecule has 0 spiro atoms. The molecule has 16 heavy (non-hydrogen) atoms. The number of carbonyl (C=O) groups is 2. The van der Waals surface area contributed by atoms with Crippen molar-refractivity contribution in [2.75, 3.05) is 11.5 Å². The molecule has 0 saturated heterocycles. The molecule has 2 atom stereocenters. The fourth-order valence-corrected chi connectivity index (χ4v) is 2.59. The van der Waals surface area contributed by atoms with E-state index in [1.807, 2.05) is 0 Å². The van der Waals surface area contributed by atoms with Crippen LogP contribution in [0.3, 0.4) is 0 Å². The molecule has 12 N–H and O–H groups in total. The zero-order chi connectivity index (χ0) is 11.1. The van der Waals surface area contributed by atoms with Crippen LogP contribution in [0.2, 0.25) is 0 Å². The number of quaternary nitrogens is 2. The second kappa shape index (κ2) is 11.0. The number of aliphatic carboxylic acids is 2. The lowest BCUT2D eigenvalue weighted by molar-refractivity contribution is -0.308. The van der Waals surface area contributed by atoms with E-state index in [1.54, 1.807) is 0 Å². The van der Waals surface area contributed by atoms with E-state index in [0.717, 1.165) is 21.6 Å². The molecule has 0 radical (unpaired) electrons. The first-order chi connectivity index (χ1) is 6.45. The molecule has 0 heterocycles. The fraction of sp³-hybridized carbons (Fsp3) is 0.667. The molecule has 8 nitrogen and oxygen atoms in total. The lowest BCUT2D eigenvalue weighted by Crippen LogP contribution is -2.44. The molecule has 0 aromatic heterocycles. The summed E-state index contributed by atoms with van der Waals surface area (Å²) in [5, 5.41) is 20.3. The van der Waals surface area contributed by atoms with E-state index in [-0.39, 0.29) is 23.8 Å². The zero-order valence-corrected chi connectivity index (χ0v) is 10.8. The Bertz CT molecular complexity index is 197. The molecule has 10 heteroatoms. The van der Waals surface area contributed by atoms with Crippen molar-refractivity contribution >= 4 is 33.5 Å². The highest BCUT2D eigenvalue weighted by Crippen LogP contribution is 2.21. The van der Waals surface area contributed by atoms with E-state index in [9.17, 15) is 19.8 Å². The molecule has 0 aliphatic carbocycles. The van der Waals surface area contributed by atoms with Crippen LogP contribution in [-0.2, 0) is 9.59 Å². The molecule has 0 aliphatic rings. The van der Waals surface area contributed by atoms with Crippen LogP contribution in [0, 0.1) is 0 Å². The Hall–Kier alpha value is -0.520. The molecule has 0 bridgehead atoms. The van der Waals surface area contributed by atoms with Crippen LogP contribution in [-0.4, -0.2) is 35.5 Å². The minimum absolute atomic E-state index is 0. The van der Waals surface area contributed by atoms with Crippen molar-refractivity contribution in [1.29, 1.82) is 0 Å². The summed E-state index contributed by atoms with van der Waals surface area (Å²) in [6, 6.07) is -2.10. The first-order valence-electron chi connectivity index (χ1n) is 3.62. The highest BCUT2D eigenvalue weighted by atomic mass is 33.1. The predicted octanol–water partition coefficient (Wildman–Crippen LogP) is -2.73. The molecule has 98 valence electrons. The molecule has 0 aliphatic heterocycles. The number of hydrogen-bond acceptors (Lipinski definition) is 8. The second-order valence-corrected chi connectivity index (χ2v) is 4.97.